The third-order valence-corrected chi connectivity index (χ3v) is 6.27. The number of aromatic nitrogens is 2. The predicted octanol–water partition coefficient (Wildman–Crippen LogP) is 2.90. The Labute approximate surface area is 156 Å². The van der Waals surface area contributed by atoms with E-state index in [0.717, 1.165) is 31.4 Å². The molecule has 0 atom stereocenters. The molecule has 0 aliphatic heterocycles. The number of hydrogen-bond donors (Lipinski definition) is 1. The highest BCUT2D eigenvalue weighted by Crippen LogP contribution is 2.33. The quantitative estimate of drug-likeness (QED) is 0.720. The predicted molar refractivity (Wildman–Crippen MR) is 104 cm³/mol. The van der Waals surface area contributed by atoms with Crippen molar-refractivity contribution in [3.63, 3.8) is 0 Å². The largest absolute Gasteiger partial charge is 0.309 e. The molecule has 0 saturated heterocycles. The van der Waals surface area contributed by atoms with Crippen LogP contribution in [0.3, 0.4) is 0 Å². The van der Waals surface area contributed by atoms with Gasteiger partial charge in [-0.15, -0.1) is 0 Å². The summed E-state index contributed by atoms with van der Waals surface area (Å²) in [7, 11) is 0.362. The second-order valence-corrected chi connectivity index (χ2v) is 8.92. The van der Waals surface area contributed by atoms with Crippen LogP contribution >= 0.6 is 0 Å². The summed E-state index contributed by atoms with van der Waals surface area (Å²) in [5, 5.41) is 4.67. The summed E-state index contributed by atoms with van der Waals surface area (Å²) in [4.78, 5) is 2.32. The number of nitrogens with zero attached hydrogens (tertiary/aromatic N) is 3. The average Bonchev–Trinajstić information content (AvgIpc) is 3.29. The Morgan fingerprint density at radius 2 is 1.88 bits per heavy atom. The first-order chi connectivity index (χ1) is 12.5. The number of hydrogen-bond acceptors (Lipinski definition) is 4. The number of nitrogens with one attached hydrogen (secondary N) is 1. The minimum atomic E-state index is -3.60. The Bertz CT molecular complexity index is 809. The number of sulfonamides is 1. The van der Waals surface area contributed by atoms with Crippen molar-refractivity contribution in [1.29, 1.82) is 0 Å². The summed E-state index contributed by atoms with van der Waals surface area (Å²) in [6.45, 7) is 1.26. The summed E-state index contributed by atoms with van der Waals surface area (Å²) in [6, 6.07) is 9.86. The summed E-state index contributed by atoms with van der Waals surface area (Å²) in [6.07, 6.45) is 6.96. The first-order valence-corrected chi connectivity index (χ1v) is 10.7. The van der Waals surface area contributed by atoms with Gasteiger partial charge >= 0.3 is 0 Å². The topological polar surface area (TPSA) is 67.2 Å². The molecule has 1 fully saturated rings. The second-order valence-electron chi connectivity index (χ2n) is 7.18. The van der Waals surface area contributed by atoms with E-state index in [9.17, 15) is 8.42 Å². The Morgan fingerprint density at radius 1 is 1.19 bits per heavy atom. The molecule has 26 heavy (non-hydrogen) atoms. The van der Waals surface area contributed by atoms with Crippen LogP contribution in [-0.2, 0) is 10.0 Å². The highest BCUT2D eigenvalue weighted by Gasteiger charge is 2.26. The lowest BCUT2D eigenvalue weighted by atomic mass is 10.2. The van der Waals surface area contributed by atoms with Crippen molar-refractivity contribution >= 4 is 10.0 Å². The molecule has 1 aliphatic rings. The normalized spacial score (nSPS) is 15.8. The van der Waals surface area contributed by atoms with Crippen LogP contribution in [0.25, 0.3) is 11.3 Å². The van der Waals surface area contributed by atoms with Crippen LogP contribution in [0.1, 0.15) is 38.1 Å². The van der Waals surface area contributed by atoms with E-state index in [1.54, 1.807) is 6.20 Å². The fourth-order valence-corrected chi connectivity index (χ4v) is 4.63. The minimum absolute atomic E-state index is 0.278. The molecule has 142 valence electrons. The van der Waals surface area contributed by atoms with Gasteiger partial charge in [0.2, 0.25) is 10.0 Å². The van der Waals surface area contributed by atoms with Gasteiger partial charge in [0.05, 0.1) is 6.04 Å². The molecule has 3 rings (SSSR count). The third-order valence-electron chi connectivity index (χ3n) is 4.81. The maximum Gasteiger partial charge on any atom is 0.244 e. The van der Waals surface area contributed by atoms with Crippen LogP contribution in [0, 0.1) is 0 Å². The van der Waals surface area contributed by atoms with E-state index in [-0.39, 0.29) is 4.90 Å². The highest BCUT2D eigenvalue weighted by atomic mass is 32.2. The van der Waals surface area contributed by atoms with Crippen molar-refractivity contribution in [3.05, 3.63) is 36.5 Å². The van der Waals surface area contributed by atoms with Crippen molar-refractivity contribution in [3.8, 4) is 11.3 Å². The van der Waals surface area contributed by atoms with Crippen molar-refractivity contribution in [1.82, 2.24) is 19.4 Å². The van der Waals surface area contributed by atoms with E-state index in [1.807, 2.05) is 54.0 Å². The Hall–Kier alpha value is -1.70. The summed E-state index contributed by atoms with van der Waals surface area (Å²) >= 11 is 0. The van der Waals surface area contributed by atoms with E-state index in [4.69, 9.17) is 0 Å². The van der Waals surface area contributed by atoms with Gasteiger partial charge in [-0.3, -0.25) is 4.68 Å². The molecule has 1 N–H and O–H groups in total. The van der Waals surface area contributed by atoms with Crippen LogP contribution < -0.4 is 4.72 Å². The van der Waals surface area contributed by atoms with Crippen LogP contribution in [0.4, 0.5) is 0 Å². The van der Waals surface area contributed by atoms with Crippen molar-refractivity contribution in [2.45, 2.75) is 43.0 Å². The van der Waals surface area contributed by atoms with E-state index in [1.165, 1.54) is 12.8 Å². The maximum absolute atomic E-state index is 12.9. The molecule has 1 saturated carbocycles. The van der Waals surface area contributed by atoms with Gasteiger partial charge < -0.3 is 4.90 Å². The molecular weight excluding hydrogens is 348 g/mol. The Morgan fingerprint density at radius 3 is 2.54 bits per heavy atom. The number of benzene rings is 1. The van der Waals surface area contributed by atoms with Crippen LogP contribution in [0.15, 0.2) is 41.4 Å². The monoisotopic (exact) mass is 376 g/mol. The number of rotatable bonds is 8. The van der Waals surface area contributed by atoms with E-state index >= 15 is 0 Å². The second kappa shape index (κ2) is 8.33. The van der Waals surface area contributed by atoms with Gasteiger partial charge in [-0.25, -0.2) is 13.1 Å². The molecule has 1 aliphatic carbocycles. The Balaban J connectivity index is 1.88. The molecule has 1 aromatic heterocycles. The standard InChI is InChI=1S/C19H28N4O2S/c1-22(2)14-8-13-20-26(24,25)18-15-23(17-11-6-7-12-17)21-19(18)16-9-4-3-5-10-16/h3-5,9-10,15,17,20H,6-8,11-14H2,1-2H3. The van der Waals surface area contributed by atoms with Gasteiger partial charge in [-0.2, -0.15) is 5.10 Å². The van der Waals surface area contributed by atoms with E-state index in [2.05, 4.69) is 9.82 Å². The summed E-state index contributed by atoms with van der Waals surface area (Å²) in [5.41, 5.74) is 1.37. The zero-order valence-electron chi connectivity index (χ0n) is 15.6. The third kappa shape index (κ3) is 4.52. The van der Waals surface area contributed by atoms with Crippen molar-refractivity contribution in [2.75, 3.05) is 27.2 Å². The van der Waals surface area contributed by atoms with E-state index < -0.39 is 10.0 Å². The zero-order valence-corrected chi connectivity index (χ0v) is 16.4. The first kappa shape index (κ1) is 19.1. The Kier molecular flexibility index (Phi) is 6.11. The molecule has 0 radical (unpaired) electrons. The smallest absolute Gasteiger partial charge is 0.244 e. The lowest BCUT2D eigenvalue weighted by molar-refractivity contribution is 0.400. The fraction of sp³-hybridized carbons (Fsp3) is 0.526. The summed E-state index contributed by atoms with van der Waals surface area (Å²) in [5.74, 6) is 0. The molecule has 0 unspecified atom stereocenters. The highest BCUT2D eigenvalue weighted by molar-refractivity contribution is 7.89. The van der Waals surface area contributed by atoms with Gasteiger partial charge in [-0.05, 0) is 39.9 Å². The van der Waals surface area contributed by atoms with Crippen molar-refractivity contribution < 1.29 is 8.42 Å². The molecule has 1 aromatic carbocycles. The van der Waals surface area contributed by atoms with E-state index in [0.29, 0.717) is 18.3 Å². The molecule has 2 aromatic rings. The zero-order chi connectivity index (χ0) is 18.6. The van der Waals surface area contributed by atoms with Crippen LogP contribution in [0.5, 0.6) is 0 Å². The van der Waals surface area contributed by atoms with Gasteiger partial charge in [0.25, 0.3) is 0 Å². The van der Waals surface area contributed by atoms with Gasteiger partial charge in [0, 0.05) is 18.3 Å². The first-order valence-electron chi connectivity index (χ1n) is 9.26. The van der Waals surface area contributed by atoms with Crippen LogP contribution in [-0.4, -0.2) is 50.3 Å². The summed E-state index contributed by atoms with van der Waals surface area (Å²) < 4.78 is 30.4. The average molecular weight is 377 g/mol. The lowest BCUT2D eigenvalue weighted by Gasteiger charge is -2.10. The van der Waals surface area contributed by atoms with Gasteiger partial charge in [0.15, 0.2) is 0 Å². The lowest BCUT2D eigenvalue weighted by Crippen LogP contribution is -2.27. The molecule has 0 bridgehead atoms. The fourth-order valence-electron chi connectivity index (χ4n) is 3.40. The molecule has 0 amide bonds. The maximum atomic E-state index is 12.9. The molecule has 1 heterocycles. The SMILES string of the molecule is CN(C)CCCNS(=O)(=O)c1cn(C2CCCC2)nc1-c1ccccc1. The van der Waals surface area contributed by atoms with Gasteiger partial charge in [0.1, 0.15) is 10.6 Å². The van der Waals surface area contributed by atoms with Gasteiger partial charge in [-0.1, -0.05) is 43.2 Å². The molecule has 0 spiro atoms. The molecule has 7 heteroatoms. The molecule has 6 nitrogen and oxygen atoms in total. The molecular formula is C19H28N4O2S. The van der Waals surface area contributed by atoms with Crippen molar-refractivity contribution in [2.24, 2.45) is 0 Å². The minimum Gasteiger partial charge on any atom is -0.309 e. The van der Waals surface area contributed by atoms with Crippen LogP contribution in [0.2, 0.25) is 0 Å².